The fraction of sp³-hybridized carbons (Fsp3) is 0.750. The highest BCUT2D eigenvalue weighted by Crippen LogP contribution is 2.52. The monoisotopic (exact) mass is 342 g/mol. The van der Waals surface area contributed by atoms with Gasteiger partial charge >= 0.3 is 0 Å². The van der Waals surface area contributed by atoms with Crippen LogP contribution in [-0.4, -0.2) is 5.11 Å². The first-order valence-electron chi connectivity index (χ1n) is 10.9. The first kappa shape index (κ1) is 18.8. The Morgan fingerprint density at radius 1 is 0.840 bits per heavy atom. The van der Waals surface area contributed by atoms with Crippen molar-refractivity contribution >= 4 is 0 Å². The molecule has 1 aromatic carbocycles. The topological polar surface area (TPSA) is 20.2 Å². The van der Waals surface area contributed by atoms with Crippen molar-refractivity contribution < 1.29 is 5.11 Å². The highest BCUT2D eigenvalue weighted by atomic mass is 16.3. The Kier molecular flexibility index (Phi) is 6.12. The summed E-state index contributed by atoms with van der Waals surface area (Å²) in [4.78, 5) is 0. The molecule has 1 heteroatoms. The summed E-state index contributed by atoms with van der Waals surface area (Å²) in [6, 6.07) is 6.07. The maximum atomic E-state index is 9.87. The van der Waals surface area contributed by atoms with Crippen molar-refractivity contribution in [3.05, 3.63) is 29.3 Å². The second kappa shape index (κ2) is 8.14. The van der Waals surface area contributed by atoms with Gasteiger partial charge in [0.05, 0.1) is 0 Å². The average molecular weight is 343 g/mol. The van der Waals surface area contributed by atoms with E-state index in [1.165, 1.54) is 94.6 Å². The number of aryl methyl sites for hydroxylation is 2. The normalized spacial score (nSPS) is 19.8. The number of hydrogen-bond acceptors (Lipinski definition) is 1. The Morgan fingerprint density at radius 3 is 2.20 bits per heavy atom. The summed E-state index contributed by atoms with van der Waals surface area (Å²) in [5.41, 5.74) is 4.31. The lowest BCUT2D eigenvalue weighted by Gasteiger charge is -2.13. The van der Waals surface area contributed by atoms with Crippen LogP contribution in [0.3, 0.4) is 0 Å². The van der Waals surface area contributed by atoms with Crippen LogP contribution in [-0.2, 0) is 12.8 Å². The number of benzene rings is 1. The van der Waals surface area contributed by atoms with E-state index in [2.05, 4.69) is 19.9 Å². The molecule has 1 aromatic rings. The molecule has 25 heavy (non-hydrogen) atoms. The summed E-state index contributed by atoms with van der Waals surface area (Å²) in [7, 11) is 0. The number of rotatable bonds is 12. The quantitative estimate of drug-likeness (QED) is 0.398. The molecule has 0 spiro atoms. The van der Waals surface area contributed by atoms with E-state index in [0.29, 0.717) is 11.2 Å². The van der Waals surface area contributed by atoms with Gasteiger partial charge < -0.3 is 5.11 Å². The molecule has 0 aliphatic heterocycles. The van der Waals surface area contributed by atoms with Crippen LogP contribution in [0.2, 0.25) is 0 Å². The summed E-state index contributed by atoms with van der Waals surface area (Å²) in [6.07, 6.45) is 19.0. The standard InChI is InChI=1S/C24H38O/c1-3-24(17-18-24)14-8-6-9-20-11-12-22(25)19-21(20)10-5-4-7-13-23(2)15-16-23/h11-12,19,25H,3-10,13-18H2,1-2H3. The number of hydrogen-bond donors (Lipinski definition) is 1. The molecule has 0 heterocycles. The van der Waals surface area contributed by atoms with Crippen molar-refractivity contribution in [3.8, 4) is 5.75 Å². The molecule has 2 saturated carbocycles. The SMILES string of the molecule is CCC1(CCCCc2ccc(O)cc2CCCCCC2(C)CC2)CC1. The summed E-state index contributed by atoms with van der Waals surface area (Å²) < 4.78 is 0. The summed E-state index contributed by atoms with van der Waals surface area (Å²) >= 11 is 0. The van der Waals surface area contributed by atoms with Crippen LogP contribution >= 0.6 is 0 Å². The molecule has 0 bridgehead atoms. The van der Waals surface area contributed by atoms with Gasteiger partial charge in [0, 0.05) is 0 Å². The molecule has 0 saturated heterocycles. The van der Waals surface area contributed by atoms with Gasteiger partial charge in [0.2, 0.25) is 0 Å². The molecule has 2 fully saturated rings. The van der Waals surface area contributed by atoms with Gasteiger partial charge in [-0.1, -0.05) is 45.6 Å². The van der Waals surface area contributed by atoms with Crippen molar-refractivity contribution in [2.24, 2.45) is 10.8 Å². The second-order valence-electron chi connectivity index (χ2n) is 9.38. The number of unbranched alkanes of at least 4 members (excludes halogenated alkanes) is 3. The zero-order chi connectivity index (χ0) is 17.8. The number of aromatic hydroxyl groups is 1. The second-order valence-corrected chi connectivity index (χ2v) is 9.38. The van der Waals surface area contributed by atoms with Gasteiger partial charge in [0.1, 0.15) is 5.75 Å². The Morgan fingerprint density at radius 2 is 1.52 bits per heavy atom. The third kappa shape index (κ3) is 5.76. The van der Waals surface area contributed by atoms with Gasteiger partial charge in [-0.3, -0.25) is 0 Å². The van der Waals surface area contributed by atoms with Crippen LogP contribution in [0.4, 0.5) is 0 Å². The van der Waals surface area contributed by atoms with E-state index in [-0.39, 0.29) is 0 Å². The molecule has 0 amide bonds. The highest BCUT2D eigenvalue weighted by Gasteiger charge is 2.39. The Bertz CT molecular complexity index is 551. The van der Waals surface area contributed by atoms with Gasteiger partial charge in [-0.2, -0.15) is 0 Å². The van der Waals surface area contributed by atoms with Crippen LogP contribution in [0.1, 0.15) is 102 Å². The van der Waals surface area contributed by atoms with E-state index in [0.717, 1.165) is 11.8 Å². The lowest BCUT2D eigenvalue weighted by Crippen LogP contribution is -2.00. The molecule has 0 aromatic heterocycles. The number of phenolic OH excluding ortho intramolecular Hbond substituents is 1. The lowest BCUT2D eigenvalue weighted by atomic mass is 9.92. The highest BCUT2D eigenvalue weighted by molar-refractivity contribution is 5.35. The third-order valence-corrected chi connectivity index (χ3v) is 7.13. The third-order valence-electron chi connectivity index (χ3n) is 7.13. The zero-order valence-corrected chi connectivity index (χ0v) is 16.6. The first-order valence-corrected chi connectivity index (χ1v) is 10.9. The van der Waals surface area contributed by atoms with E-state index in [1.54, 1.807) is 0 Å². The van der Waals surface area contributed by atoms with Gasteiger partial charge in [0.25, 0.3) is 0 Å². The van der Waals surface area contributed by atoms with E-state index in [9.17, 15) is 5.11 Å². The van der Waals surface area contributed by atoms with Gasteiger partial charge in [-0.05, 0) is 98.3 Å². The average Bonchev–Trinajstić information content (AvgIpc) is 3.52. The van der Waals surface area contributed by atoms with Crippen LogP contribution in [0.15, 0.2) is 18.2 Å². The van der Waals surface area contributed by atoms with Gasteiger partial charge in [0.15, 0.2) is 0 Å². The Balaban J connectivity index is 1.39. The lowest BCUT2D eigenvalue weighted by molar-refractivity contribution is 0.426. The van der Waals surface area contributed by atoms with Crippen LogP contribution in [0.25, 0.3) is 0 Å². The maximum absolute atomic E-state index is 9.87. The molecule has 140 valence electrons. The largest absolute Gasteiger partial charge is 0.508 e. The van der Waals surface area contributed by atoms with Crippen molar-refractivity contribution in [2.75, 3.05) is 0 Å². The minimum absolute atomic E-state index is 0.437. The maximum Gasteiger partial charge on any atom is 0.115 e. The van der Waals surface area contributed by atoms with E-state index >= 15 is 0 Å². The molecule has 2 aliphatic carbocycles. The van der Waals surface area contributed by atoms with E-state index in [4.69, 9.17) is 0 Å². The molecule has 3 rings (SSSR count). The minimum Gasteiger partial charge on any atom is -0.508 e. The summed E-state index contributed by atoms with van der Waals surface area (Å²) in [5, 5.41) is 9.87. The summed E-state index contributed by atoms with van der Waals surface area (Å²) in [5.74, 6) is 0.437. The predicted molar refractivity (Wildman–Crippen MR) is 107 cm³/mol. The zero-order valence-electron chi connectivity index (χ0n) is 16.6. The van der Waals surface area contributed by atoms with Crippen LogP contribution in [0, 0.1) is 10.8 Å². The molecule has 0 radical (unpaired) electrons. The molecule has 1 nitrogen and oxygen atoms in total. The Hall–Kier alpha value is -0.980. The predicted octanol–water partition coefficient (Wildman–Crippen LogP) is 7.20. The fourth-order valence-corrected chi connectivity index (χ4v) is 4.37. The van der Waals surface area contributed by atoms with Crippen molar-refractivity contribution in [2.45, 2.75) is 104 Å². The van der Waals surface area contributed by atoms with Crippen LogP contribution < -0.4 is 0 Å². The summed E-state index contributed by atoms with van der Waals surface area (Å²) in [6.45, 7) is 4.79. The van der Waals surface area contributed by atoms with E-state index < -0.39 is 0 Å². The molecule has 0 atom stereocenters. The minimum atomic E-state index is 0.437. The molecule has 2 aliphatic rings. The van der Waals surface area contributed by atoms with Gasteiger partial charge in [-0.25, -0.2) is 0 Å². The number of phenols is 1. The van der Waals surface area contributed by atoms with Gasteiger partial charge in [-0.15, -0.1) is 0 Å². The smallest absolute Gasteiger partial charge is 0.115 e. The fourth-order valence-electron chi connectivity index (χ4n) is 4.37. The van der Waals surface area contributed by atoms with Crippen molar-refractivity contribution in [1.29, 1.82) is 0 Å². The van der Waals surface area contributed by atoms with Crippen molar-refractivity contribution in [1.82, 2.24) is 0 Å². The van der Waals surface area contributed by atoms with Crippen LogP contribution in [0.5, 0.6) is 5.75 Å². The molecule has 1 N–H and O–H groups in total. The Labute approximate surface area is 155 Å². The first-order chi connectivity index (χ1) is 12.0. The molecular formula is C24H38O. The van der Waals surface area contributed by atoms with Crippen molar-refractivity contribution in [3.63, 3.8) is 0 Å². The van der Waals surface area contributed by atoms with E-state index in [1.807, 2.05) is 12.1 Å². The molecule has 0 unspecified atom stereocenters. The molecular weight excluding hydrogens is 304 g/mol.